The van der Waals surface area contributed by atoms with Crippen molar-refractivity contribution < 1.29 is 26.4 Å². The molecule has 0 spiro atoms. The lowest BCUT2D eigenvalue weighted by Crippen LogP contribution is -2.23. The van der Waals surface area contributed by atoms with Crippen LogP contribution in [0.25, 0.3) is 27.3 Å². The first kappa shape index (κ1) is 24.6. The van der Waals surface area contributed by atoms with Gasteiger partial charge in [-0.3, -0.25) is 4.79 Å². The number of sulfone groups is 1. The lowest BCUT2D eigenvalue weighted by Gasteiger charge is -2.09. The maximum atomic E-state index is 13.0. The van der Waals surface area contributed by atoms with Crippen molar-refractivity contribution in [1.82, 2.24) is 19.7 Å². The Morgan fingerprint density at radius 1 is 1.03 bits per heavy atom. The van der Waals surface area contributed by atoms with Crippen molar-refractivity contribution in [1.29, 1.82) is 0 Å². The minimum absolute atomic E-state index is 0.0229. The molecule has 1 N–H and O–H groups in total. The van der Waals surface area contributed by atoms with Crippen molar-refractivity contribution in [2.75, 3.05) is 5.32 Å². The maximum Gasteiger partial charge on any atom is 0.501 e. The molecule has 0 radical (unpaired) electrons. The number of hydrogen-bond acceptors (Lipinski definition) is 7. The monoisotopic (exact) mass is 543 g/mol. The second kappa shape index (κ2) is 9.09. The summed E-state index contributed by atoms with van der Waals surface area (Å²) >= 11 is 1.47. The number of pyridine rings is 1. The van der Waals surface area contributed by atoms with Crippen LogP contribution in [0.1, 0.15) is 16.2 Å². The molecule has 8 nitrogen and oxygen atoms in total. The zero-order valence-electron chi connectivity index (χ0n) is 18.9. The van der Waals surface area contributed by atoms with Gasteiger partial charge in [0.15, 0.2) is 11.5 Å². The molecule has 37 heavy (non-hydrogen) atoms. The molecule has 0 aliphatic carbocycles. The molecule has 0 fully saturated rings. The zero-order valence-corrected chi connectivity index (χ0v) is 20.5. The summed E-state index contributed by atoms with van der Waals surface area (Å²) in [7, 11) is -5.49. The van der Waals surface area contributed by atoms with Crippen LogP contribution in [-0.2, 0) is 9.84 Å². The van der Waals surface area contributed by atoms with Crippen molar-refractivity contribution in [2.45, 2.75) is 17.3 Å². The van der Waals surface area contributed by atoms with Crippen molar-refractivity contribution >= 4 is 43.0 Å². The second-order valence-corrected chi connectivity index (χ2v) is 10.8. The highest BCUT2D eigenvalue weighted by molar-refractivity contribution is 7.92. The first-order valence-corrected chi connectivity index (χ1v) is 13.0. The van der Waals surface area contributed by atoms with E-state index in [4.69, 9.17) is 0 Å². The molecule has 3 heterocycles. The Hall–Kier alpha value is -4.10. The quantitative estimate of drug-likeness (QED) is 0.318. The van der Waals surface area contributed by atoms with E-state index in [1.165, 1.54) is 16.0 Å². The molecule has 188 valence electrons. The number of alkyl halides is 3. The van der Waals surface area contributed by atoms with E-state index in [-0.39, 0.29) is 11.4 Å². The Bertz CT molecular complexity index is 1740. The second-order valence-electron chi connectivity index (χ2n) is 7.93. The summed E-state index contributed by atoms with van der Waals surface area (Å²) in [5.41, 5.74) is -0.625. The standard InChI is InChI=1S/C24H16F3N5O3S2/c1-14-3-2-4-22(29-14)32-20(15-5-10-18-21(11-15)36-13-28-18)12-19(31-32)23(33)30-16-6-8-17(9-7-16)37(34,35)24(25,26)27/h2-13H,1H3,(H,30,33). The van der Waals surface area contributed by atoms with Crippen molar-refractivity contribution in [3.8, 4) is 17.1 Å². The predicted molar refractivity (Wildman–Crippen MR) is 132 cm³/mol. The van der Waals surface area contributed by atoms with Gasteiger partial charge in [-0.2, -0.15) is 18.3 Å². The predicted octanol–water partition coefficient (Wildman–Crippen LogP) is 5.40. The van der Waals surface area contributed by atoms with E-state index < -0.39 is 26.1 Å². The molecule has 3 aromatic heterocycles. The van der Waals surface area contributed by atoms with Gasteiger partial charge in [0.2, 0.25) is 0 Å². The van der Waals surface area contributed by atoms with E-state index in [2.05, 4.69) is 20.4 Å². The third-order valence-corrected chi connectivity index (χ3v) is 7.68. The first-order chi connectivity index (χ1) is 17.5. The number of nitrogens with one attached hydrogen (secondary N) is 1. The van der Waals surface area contributed by atoms with Crippen LogP contribution in [0.15, 0.2) is 77.1 Å². The van der Waals surface area contributed by atoms with Gasteiger partial charge < -0.3 is 5.32 Å². The molecule has 1 amide bonds. The summed E-state index contributed by atoms with van der Waals surface area (Å²) in [6, 6.07) is 16.3. The molecule has 0 unspecified atom stereocenters. The average Bonchev–Trinajstić information content (AvgIpc) is 3.51. The molecule has 0 saturated carbocycles. The molecule has 2 aromatic carbocycles. The van der Waals surface area contributed by atoms with Crippen LogP contribution < -0.4 is 5.32 Å². The van der Waals surface area contributed by atoms with Crippen LogP contribution in [0.4, 0.5) is 18.9 Å². The lowest BCUT2D eigenvalue weighted by atomic mass is 10.1. The Labute approximate surface area is 212 Å². The van der Waals surface area contributed by atoms with Crippen molar-refractivity contribution in [2.24, 2.45) is 0 Å². The lowest BCUT2D eigenvalue weighted by molar-refractivity contribution is -0.0436. The number of hydrogen-bond donors (Lipinski definition) is 1. The number of aryl methyl sites for hydroxylation is 1. The largest absolute Gasteiger partial charge is 0.501 e. The van der Waals surface area contributed by atoms with Gasteiger partial charge in [0.05, 0.1) is 26.3 Å². The number of carbonyl (C=O) groups is 1. The van der Waals surface area contributed by atoms with E-state index >= 15 is 0 Å². The number of rotatable bonds is 5. The van der Waals surface area contributed by atoms with Crippen LogP contribution >= 0.6 is 11.3 Å². The molecule has 5 rings (SSSR count). The van der Waals surface area contributed by atoms with Crippen molar-refractivity contribution in [3.05, 3.63) is 83.6 Å². The van der Waals surface area contributed by atoms with Crippen LogP contribution in [0.2, 0.25) is 0 Å². The number of benzene rings is 2. The topological polar surface area (TPSA) is 107 Å². The highest BCUT2D eigenvalue weighted by Gasteiger charge is 2.46. The van der Waals surface area contributed by atoms with Gasteiger partial charge in [0.1, 0.15) is 0 Å². The SMILES string of the molecule is Cc1cccc(-n2nc(C(=O)Nc3ccc(S(=O)(=O)C(F)(F)F)cc3)cc2-c2ccc3ncsc3c2)n1. The summed E-state index contributed by atoms with van der Waals surface area (Å²) in [5, 5.41) is 6.97. The highest BCUT2D eigenvalue weighted by atomic mass is 32.2. The maximum absolute atomic E-state index is 13.0. The molecule has 0 aliphatic heterocycles. The van der Waals surface area contributed by atoms with E-state index in [0.29, 0.717) is 11.5 Å². The Morgan fingerprint density at radius 3 is 2.49 bits per heavy atom. The third kappa shape index (κ3) is 4.70. The first-order valence-electron chi connectivity index (χ1n) is 10.6. The van der Waals surface area contributed by atoms with Crippen LogP contribution in [0.3, 0.4) is 0 Å². The number of thiazole rings is 1. The van der Waals surface area contributed by atoms with Crippen molar-refractivity contribution in [3.63, 3.8) is 0 Å². The minimum atomic E-state index is -5.49. The average molecular weight is 544 g/mol. The molecule has 0 aliphatic rings. The van der Waals surface area contributed by atoms with Gasteiger partial charge in [-0.15, -0.1) is 11.3 Å². The van der Waals surface area contributed by atoms with Crippen LogP contribution in [-0.4, -0.2) is 39.6 Å². The third-order valence-electron chi connectivity index (χ3n) is 5.39. The Balaban J connectivity index is 1.49. The van der Waals surface area contributed by atoms with E-state index in [9.17, 15) is 26.4 Å². The summed E-state index contributed by atoms with van der Waals surface area (Å²) in [4.78, 5) is 20.9. The summed E-state index contributed by atoms with van der Waals surface area (Å²) in [5.74, 6) is -0.155. The number of nitrogens with zero attached hydrogens (tertiary/aromatic N) is 4. The smallest absolute Gasteiger partial charge is 0.321 e. The molecule has 0 saturated heterocycles. The highest BCUT2D eigenvalue weighted by Crippen LogP contribution is 2.31. The fraction of sp³-hybridized carbons (Fsp3) is 0.0833. The van der Waals surface area contributed by atoms with Crippen LogP contribution in [0.5, 0.6) is 0 Å². The Kier molecular flexibility index (Phi) is 6.04. The molecule has 0 bridgehead atoms. The van der Waals surface area contributed by atoms with E-state index in [1.54, 1.807) is 17.6 Å². The van der Waals surface area contributed by atoms with Gasteiger partial charge in [-0.25, -0.2) is 23.1 Å². The number of carbonyl (C=O) groups excluding carboxylic acids is 1. The fourth-order valence-corrected chi connectivity index (χ4v) is 5.06. The number of aromatic nitrogens is 4. The number of amides is 1. The normalized spacial score (nSPS) is 12.1. The molecule has 0 atom stereocenters. The number of anilines is 1. The minimum Gasteiger partial charge on any atom is -0.321 e. The summed E-state index contributed by atoms with van der Waals surface area (Å²) in [6.45, 7) is 1.83. The molecule has 13 heteroatoms. The molecular weight excluding hydrogens is 527 g/mol. The summed E-state index contributed by atoms with van der Waals surface area (Å²) < 4.78 is 64.0. The summed E-state index contributed by atoms with van der Waals surface area (Å²) in [6.07, 6.45) is 0. The Morgan fingerprint density at radius 2 is 1.78 bits per heavy atom. The van der Waals surface area contributed by atoms with Gasteiger partial charge in [-0.05, 0) is 61.5 Å². The molecule has 5 aromatic rings. The number of halogens is 3. The van der Waals surface area contributed by atoms with E-state index in [0.717, 1.165) is 45.7 Å². The zero-order chi connectivity index (χ0) is 26.4. The van der Waals surface area contributed by atoms with Crippen LogP contribution in [0, 0.1) is 6.92 Å². The van der Waals surface area contributed by atoms with Gasteiger partial charge in [0.25, 0.3) is 15.7 Å². The van der Waals surface area contributed by atoms with Gasteiger partial charge >= 0.3 is 5.51 Å². The molecular formula is C24H16F3N5O3S2. The fourth-order valence-electron chi connectivity index (χ4n) is 3.58. The van der Waals surface area contributed by atoms with Gasteiger partial charge in [0, 0.05) is 16.9 Å². The number of fused-ring (bicyclic) bond motifs is 1. The van der Waals surface area contributed by atoms with Gasteiger partial charge in [-0.1, -0.05) is 12.1 Å². The van der Waals surface area contributed by atoms with E-state index in [1.807, 2.05) is 37.3 Å².